The molecule has 2 aromatic carbocycles. The maximum Gasteiger partial charge on any atom is 0.257 e. The summed E-state index contributed by atoms with van der Waals surface area (Å²) in [5, 5.41) is 5.93. The lowest BCUT2D eigenvalue weighted by Gasteiger charge is -2.34. The third-order valence-electron chi connectivity index (χ3n) is 6.55. The number of hydrogen-bond acceptors (Lipinski definition) is 7. The smallest absolute Gasteiger partial charge is 0.257 e. The van der Waals surface area contributed by atoms with Gasteiger partial charge in [0.15, 0.2) is 22.2 Å². The Morgan fingerprint density at radius 1 is 1.19 bits per heavy atom. The Labute approximate surface area is 220 Å². The van der Waals surface area contributed by atoms with Crippen molar-refractivity contribution >= 4 is 43.4 Å². The summed E-state index contributed by atoms with van der Waals surface area (Å²) in [6.45, 7) is 5.00. The van der Waals surface area contributed by atoms with E-state index < -0.39 is 10.0 Å². The molecule has 3 heterocycles. The molecule has 0 spiro atoms. The maximum absolute atomic E-state index is 13.2. The van der Waals surface area contributed by atoms with Crippen molar-refractivity contribution in [3.63, 3.8) is 0 Å². The van der Waals surface area contributed by atoms with Crippen molar-refractivity contribution in [3.8, 4) is 17.2 Å². The van der Waals surface area contributed by atoms with Crippen molar-refractivity contribution in [2.24, 2.45) is 0 Å². The summed E-state index contributed by atoms with van der Waals surface area (Å²) in [5.41, 5.74) is 1.61. The zero-order valence-electron chi connectivity index (χ0n) is 20.8. The van der Waals surface area contributed by atoms with Crippen LogP contribution in [0.25, 0.3) is 22.4 Å². The molecule has 1 saturated heterocycles. The van der Waals surface area contributed by atoms with E-state index >= 15 is 0 Å². The van der Waals surface area contributed by atoms with Crippen LogP contribution in [0.1, 0.15) is 49.9 Å². The SMILES string of the molecule is CCOc1cccc2cc(-c3csc(NC(=O)c4ccc(S(=O)(=O)N5CCCC[C@@H]5CC)cc4)n3)oc12. The minimum absolute atomic E-state index is 0.0262. The number of para-hydroxylation sites is 1. The molecule has 1 aliphatic heterocycles. The molecule has 8 nitrogen and oxygen atoms in total. The quantitative estimate of drug-likeness (QED) is 0.288. The molecule has 4 aromatic rings. The highest BCUT2D eigenvalue weighted by atomic mass is 32.2. The Balaban J connectivity index is 1.29. The number of thiazole rings is 1. The zero-order chi connectivity index (χ0) is 26.0. The number of anilines is 1. The Bertz CT molecular complexity index is 1510. The normalized spacial score (nSPS) is 16.6. The van der Waals surface area contributed by atoms with E-state index in [-0.39, 0.29) is 16.8 Å². The average molecular weight is 540 g/mol. The third-order valence-corrected chi connectivity index (χ3v) is 9.28. The number of fused-ring (bicyclic) bond motifs is 1. The fourth-order valence-electron chi connectivity index (χ4n) is 4.66. The molecular weight excluding hydrogens is 510 g/mol. The topological polar surface area (TPSA) is 102 Å². The molecule has 0 aliphatic carbocycles. The van der Waals surface area contributed by atoms with Crippen molar-refractivity contribution in [1.82, 2.24) is 9.29 Å². The standard InChI is InChI=1S/C27H29N3O5S2/c1-3-20-9-5-6-15-30(20)37(32,33)21-13-11-18(12-14-21)26(31)29-27-28-22(17-36-27)24-16-19-8-7-10-23(34-4-2)25(19)35-24/h7-8,10-14,16-17,20H,3-6,9,15H2,1-2H3,(H,28,29,31)/t20-/m0/s1. The number of nitrogens with zero attached hydrogens (tertiary/aromatic N) is 2. The molecule has 1 fully saturated rings. The molecule has 1 aliphatic rings. The number of amides is 1. The lowest BCUT2D eigenvalue weighted by atomic mass is 10.0. The second-order valence-corrected chi connectivity index (χ2v) is 11.7. The summed E-state index contributed by atoms with van der Waals surface area (Å²) in [7, 11) is -3.60. The molecule has 1 amide bonds. The van der Waals surface area contributed by atoms with Gasteiger partial charge in [0.25, 0.3) is 5.91 Å². The highest BCUT2D eigenvalue weighted by Gasteiger charge is 2.32. The maximum atomic E-state index is 13.2. The summed E-state index contributed by atoms with van der Waals surface area (Å²) >= 11 is 1.28. The van der Waals surface area contributed by atoms with Gasteiger partial charge in [0, 0.05) is 28.9 Å². The van der Waals surface area contributed by atoms with Crippen molar-refractivity contribution in [2.75, 3.05) is 18.5 Å². The van der Waals surface area contributed by atoms with E-state index in [0.29, 0.717) is 46.6 Å². The van der Waals surface area contributed by atoms with Gasteiger partial charge < -0.3 is 9.15 Å². The summed E-state index contributed by atoms with van der Waals surface area (Å²) in [6.07, 6.45) is 3.59. The Kier molecular flexibility index (Phi) is 7.32. The third kappa shape index (κ3) is 5.14. The van der Waals surface area contributed by atoms with Crippen molar-refractivity contribution in [3.05, 3.63) is 59.5 Å². The number of piperidine rings is 1. The Morgan fingerprint density at radius 3 is 2.76 bits per heavy atom. The number of nitrogens with one attached hydrogen (secondary N) is 1. The van der Waals surface area contributed by atoms with E-state index in [4.69, 9.17) is 9.15 Å². The van der Waals surface area contributed by atoms with Crippen LogP contribution < -0.4 is 10.1 Å². The van der Waals surface area contributed by atoms with Crippen LogP contribution in [0.15, 0.2) is 63.2 Å². The van der Waals surface area contributed by atoms with E-state index in [2.05, 4.69) is 10.3 Å². The summed E-state index contributed by atoms with van der Waals surface area (Å²) in [5.74, 6) is 0.889. The van der Waals surface area contributed by atoms with Gasteiger partial charge in [-0.2, -0.15) is 4.31 Å². The summed E-state index contributed by atoms with van der Waals surface area (Å²) in [6, 6.07) is 13.7. The zero-order valence-corrected chi connectivity index (χ0v) is 22.4. The largest absolute Gasteiger partial charge is 0.490 e. The number of hydrogen-bond donors (Lipinski definition) is 1. The van der Waals surface area contributed by atoms with E-state index in [9.17, 15) is 13.2 Å². The molecule has 0 bridgehead atoms. The molecule has 1 atom stereocenters. The lowest BCUT2D eigenvalue weighted by Crippen LogP contribution is -2.43. The van der Waals surface area contributed by atoms with Crippen molar-refractivity contribution < 1.29 is 22.4 Å². The van der Waals surface area contributed by atoms with Crippen LogP contribution >= 0.6 is 11.3 Å². The fourth-order valence-corrected chi connectivity index (χ4v) is 7.12. The average Bonchev–Trinajstić information content (AvgIpc) is 3.56. The molecule has 37 heavy (non-hydrogen) atoms. The van der Waals surface area contributed by atoms with Gasteiger partial charge in [0.2, 0.25) is 10.0 Å². The van der Waals surface area contributed by atoms with Gasteiger partial charge in [-0.3, -0.25) is 10.1 Å². The van der Waals surface area contributed by atoms with E-state index in [1.165, 1.54) is 35.6 Å². The Morgan fingerprint density at radius 2 is 2.00 bits per heavy atom. The molecule has 0 unspecified atom stereocenters. The molecule has 0 saturated carbocycles. The predicted molar refractivity (Wildman–Crippen MR) is 145 cm³/mol. The van der Waals surface area contributed by atoms with Crippen LogP contribution in [-0.2, 0) is 10.0 Å². The predicted octanol–water partition coefficient (Wildman–Crippen LogP) is 6.16. The minimum Gasteiger partial charge on any atom is -0.490 e. The van der Waals surface area contributed by atoms with Gasteiger partial charge in [-0.05, 0) is 62.6 Å². The number of sulfonamides is 1. The first-order valence-electron chi connectivity index (χ1n) is 12.4. The highest BCUT2D eigenvalue weighted by Crippen LogP contribution is 2.35. The summed E-state index contributed by atoms with van der Waals surface area (Å²) < 4.78 is 39.6. The van der Waals surface area contributed by atoms with Crippen LogP contribution in [0.5, 0.6) is 5.75 Å². The number of benzene rings is 2. The van der Waals surface area contributed by atoms with Gasteiger partial charge in [0.05, 0.1) is 11.5 Å². The Hall–Kier alpha value is -3.21. The monoisotopic (exact) mass is 539 g/mol. The van der Waals surface area contributed by atoms with Crippen molar-refractivity contribution in [2.45, 2.75) is 50.5 Å². The first-order valence-corrected chi connectivity index (χ1v) is 14.8. The minimum atomic E-state index is -3.60. The van der Waals surface area contributed by atoms with Crippen LogP contribution in [0, 0.1) is 0 Å². The number of furan rings is 1. The number of carbonyl (C=O) groups excluding carboxylic acids is 1. The first kappa shape index (κ1) is 25.4. The van der Waals surface area contributed by atoms with Crippen LogP contribution in [0.2, 0.25) is 0 Å². The molecule has 0 radical (unpaired) electrons. The van der Waals surface area contributed by atoms with Crippen LogP contribution in [0.3, 0.4) is 0 Å². The van der Waals surface area contributed by atoms with E-state index in [1.807, 2.05) is 43.5 Å². The second kappa shape index (κ2) is 10.6. The number of rotatable bonds is 8. The molecular formula is C27H29N3O5S2. The summed E-state index contributed by atoms with van der Waals surface area (Å²) in [4.78, 5) is 17.5. The van der Waals surface area contributed by atoms with Crippen molar-refractivity contribution in [1.29, 1.82) is 0 Å². The second-order valence-electron chi connectivity index (χ2n) is 8.91. The molecule has 2 aromatic heterocycles. The highest BCUT2D eigenvalue weighted by molar-refractivity contribution is 7.89. The van der Waals surface area contributed by atoms with Crippen LogP contribution in [-0.4, -0.2) is 42.8 Å². The molecule has 10 heteroatoms. The molecule has 194 valence electrons. The van der Waals surface area contributed by atoms with Gasteiger partial charge in [-0.25, -0.2) is 13.4 Å². The van der Waals surface area contributed by atoms with Gasteiger partial charge in [-0.15, -0.1) is 11.3 Å². The first-order chi connectivity index (χ1) is 17.9. The van der Waals surface area contributed by atoms with Crippen LogP contribution in [0.4, 0.5) is 5.13 Å². The van der Waals surface area contributed by atoms with Gasteiger partial charge >= 0.3 is 0 Å². The molecule has 5 rings (SSSR count). The van der Waals surface area contributed by atoms with Gasteiger partial charge in [-0.1, -0.05) is 25.5 Å². The van der Waals surface area contributed by atoms with E-state index in [1.54, 1.807) is 4.31 Å². The molecule has 1 N–H and O–H groups in total. The number of ether oxygens (including phenoxy) is 1. The van der Waals surface area contributed by atoms with Gasteiger partial charge in [0.1, 0.15) is 5.69 Å². The number of carbonyl (C=O) groups is 1. The number of aromatic nitrogens is 1. The lowest BCUT2D eigenvalue weighted by molar-refractivity contribution is 0.102. The fraction of sp³-hybridized carbons (Fsp3) is 0.333. The van der Waals surface area contributed by atoms with E-state index in [0.717, 1.165) is 31.1 Å².